The molecular weight excluding hydrogens is 328 g/mol. The van der Waals surface area contributed by atoms with Crippen molar-refractivity contribution in [3.05, 3.63) is 47.5 Å². The Hall–Kier alpha value is -2.67. The van der Waals surface area contributed by atoms with Crippen molar-refractivity contribution >= 4 is 23.5 Å². The van der Waals surface area contributed by atoms with Gasteiger partial charge in [-0.05, 0) is 37.6 Å². The summed E-state index contributed by atoms with van der Waals surface area (Å²) in [7, 11) is 0. The highest BCUT2D eigenvalue weighted by Gasteiger charge is 2.09. The van der Waals surface area contributed by atoms with Gasteiger partial charge in [-0.25, -0.2) is 4.98 Å². The van der Waals surface area contributed by atoms with E-state index in [4.69, 9.17) is 11.6 Å². The van der Waals surface area contributed by atoms with Crippen molar-refractivity contribution in [3.63, 3.8) is 0 Å². The molecule has 3 rings (SSSR count). The Labute approximate surface area is 144 Å². The second kappa shape index (κ2) is 7.27. The molecular formula is C16H17ClN6O. The highest BCUT2D eigenvalue weighted by atomic mass is 35.5. The smallest absolute Gasteiger partial charge is 0.249 e. The Balaban J connectivity index is 1.51. The fourth-order valence-corrected chi connectivity index (χ4v) is 2.42. The zero-order chi connectivity index (χ0) is 16.9. The van der Waals surface area contributed by atoms with Crippen LogP contribution in [0.3, 0.4) is 0 Å². The first-order valence-electron chi connectivity index (χ1n) is 7.58. The quantitative estimate of drug-likeness (QED) is 0.719. The van der Waals surface area contributed by atoms with Crippen LogP contribution in [0.4, 0.5) is 5.95 Å². The van der Waals surface area contributed by atoms with Crippen molar-refractivity contribution in [2.24, 2.45) is 0 Å². The van der Waals surface area contributed by atoms with E-state index in [1.54, 1.807) is 18.3 Å². The van der Waals surface area contributed by atoms with Crippen LogP contribution in [0.25, 0.3) is 11.4 Å². The van der Waals surface area contributed by atoms with E-state index in [-0.39, 0.29) is 11.9 Å². The van der Waals surface area contributed by atoms with Crippen molar-refractivity contribution in [1.82, 2.24) is 24.7 Å². The average molecular weight is 345 g/mol. The molecule has 2 aromatic heterocycles. The number of H-pyrrole nitrogens is 1. The second-order valence-corrected chi connectivity index (χ2v) is 5.77. The molecule has 0 saturated heterocycles. The molecule has 2 N–H and O–H groups in total. The average Bonchev–Trinajstić information content (AvgIpc) is 3.18. The lowest BCUT2D eigenvalue weighted by Gasteiger charge is -2.04. The third-order valence-electron chi connectivity index (χ3n) is 3.58. The predicted molar refractivity (Wildman–Crippen MR) is 91.7 cm³/mol. The number of nitrogens with zero attached hydrogens (tertiary/aromatic N) is 4. The molecule has 3 aromatic rings. The number of amides is 1. The molecule has 0 fully saturated rings. The highest BCUT2D eigenvalue weighted by molar-refractivity contribution is 6.30. The normalized spacial score (nSPS) is 10.8. The van der Waals surface area contributed by atoms with Gasteiger partial charge in [0.2, 0.25) is 11.9 Å². The van der Waals surface area contributed by atoms with E-state index in [1.165, 1.54) is 0 Å². The lowest BCUT2D eigenvalue weighted by atomic mass is 10.2. The van der Waals surface area contributed by atoms with Gasteiger partial charge < -0.3 is 4.57 Å². The SMILES string of the molecule is Cc1nccn1CCCC(=O)Nc1n[nH]c(-c2ccc(Cl)cc2)n1. The van der Waals surface area contributed by atoms with E-state index in [0.717, 1.165) is 24.4 Å². The zero-order valence-corrected chi connectivity index (χ0v) is 13.9. The van der Waals surface area contributed by atoms with Crippen LogP contribution in [0.2, 0.25) is 5.02 Å². The molecule has 1 amide bonds. The van der Waals surface area contributed by atoms with Crippen molar-refractivity contribution in [2.45, 2.75) is 26.3 Å². The minimum Gasteiger partial charge on any atom is -0.335 e. The first kappa shape index (κ1) is 16.2. The molecule has 7 nitrogen and oxygen atoms in total. The number of imidazole rings is 1. The standard InChI is InChI=1S/C16H17ClN6O/c1-11-18-8-10-23(11)9-2-3-14(24)19-16-20-15(21-22-16)12-4-6-13(17)7-5-12/h4-8,10H,2-3,9H2,1H3,(H2,19,20,21,22,24). The summed E-state index contributed by atoms with van der Waals surface area (Å²) in [6, 6.07) is 7.22. The number of hydrogen-bond donors (Lipinski definition) is 2. The maximum Gasteiger partial charge on any atom is 0.249 e. The van der Waals surface area contributed by atoms with Gasteiger partial charge in [-0.1, -0.05) is 11.6 Å². The van der Waals surface area contributed by atoms with Crippen LogP contribution in [0.1, 0.15) is 18.7 Å². The molecule has 0 unspecified atom stereocenters. The number of nitrogens with one attached hydrogen (secondary N) is 2. The maximum absolute atomic E-state index is 12.0. The lowest BCUT2D eigenvalue weighted by molar-refractivity contribution is -0.116. The van der Waals surface area contributed by atoms with Crippen LogP contribution in [0.5, 0.6) is 0 Å². The van der Waals surface area contributed by atoms with Crippen molar-refractivity contribution in [1.29, 1.82) is 0 Å². The minimum atomic E-state index is -0.116. The van der Waals surface area contributed by atoms with E-state index in [2.05, 4.69) is 25.5 Å². The number of carbonyl (C=O) groups excluding carboxylic acids is 1. The van der Waals surface area contributed by atoms with Crippen LogP contribution >= 0.6 is 11.6 Å². The minimum absolute atomic E-state index is 0.116. The number of carbonyl (C=O) groups is 1. The molecule has 0 aliphatic rings. The van der Waals surface area contributed by atoms with Gasteiger partial charge in [0.1, 0.15) is 5.82 Å². The summed E-state index contributed by atoms with van der Waals surface area (Å²) < 4.78 is 2.01. The largest absolute Gasteiger partial charge is 0.335 e. The van der Waals surface area contributed by atoms with Gasteiger partial charge in [-0.3, -0.25) is 15.2 Å². The molecule has 0 bridgehead atoms. The Morgan fingerprint density at radius 1 is 1.33 bits per heavy atom. The molecule has 0 aliphatic carbocycles. The van der Waals surface area contributed by atoms with Crippen molar-refractivity contribution < 1.29 is 4.79 Å². The van der Waals surface area contributed by atoms with Gasteiger partial charge in [0.15, 0.2) is 5.82 Å². The summed E-state index contributed by atoms with van der Waals surface area (Å²) >= 11 is 5.86. The number of benzene rings is 1. The first-order valence-corrected chi connectivity index (χ1v) is 7.95. The Morgan fingerprint density at radius 3 is 2.83 bits per heavy atom. The Kier molecular flexibility index (Phi) is 4.90. The van der Waals surface area contributed by atoms with Crippen molar-refractivity contribution in [2.75, 3.05) is 5.32 Å². The van der Waals surface area contributed by atoms with Crippen LogP contribution < -0.4 is 5.32 Å². The summed E-state index contributed by atoms with van der Waals surface area (Å²) in [5, 5.41) is 10.2. The Morgan fingerprint density at radius 2 is 2.12 bits per heavy atom. The fourth-order valence-electron chi connectivity index (χ4n) is 2.29. The van der Waals surface area contributed by atoms with Gasteiger partial charge in [0, 0.05) is 35.9 Å². The number of aryl methyl sites for hydroxylation is 2. The van der Waals surface area contributed by atoms with Gasteiger partial charge in [0.05, 0.1) is 0 Å². The monoisotopic (exact) mass is 344 g/mol. The topological polar surface area (TPSA) is 88.5 Å². The summed E-state index contributed by atoms with van der Waals surface area (Å²) in [5.41, 5.74) is 0.850. The molecule has 0 aliphatic heterocycles. The van der Waals surface area contributed by atoms with Gasteiger partial charge in [0.25, 0.3) is 0 Å². The molecule has 124 valence electrons. The third kappa shape index (κ3) is 3.99. The number of anilines is 1. The number of aromatic amines is 1. The second-order valence-electron chi connectivity index (χ2n) is 5.33. The summed E-state index contributed by atoms with van der Waals surface area (Å²) in [5.74, 6) is 1.67. The molecule has 0 spiro atoms. The molecule has 0 radical (unpaired) electrons. The lowest BCUT2D eigenvalue weighted by Crippen LogP contribution is -2.13. The molecule has 0 saturated carbocycles. The molecule has 2 heterocycles. The maximum atomic E-state index is 12.0. The molecule has 24 heavy (non-hydrogen) atoms. The number of rotatable bonds is 6. The summed E-state index contributed by atoms with van der Waals surface area (Å²) in [6.45, 7) is 2.69. The molecule has 0 atom stereocenters. The van der Waals surface area contributed by atoms with E-state index < -0.39 is 0 Å². The molecule has 8 heteroatoms. The number of hydrogen-bond acceptors (Lipinski definition) is 4. The van der Waals surface area contributed by atoms with E-state index in [0.29, 0.717) is 17.3 Å². The van der Waals surface area contributed by atoms with Crippen LogP contribution in [-0.4, -0.2) is 30.6 Å². The predicted octanol–water partition coefficient (Wildman–Crippen LogP) is 3.05. The Bertz CT molecular complexity index is 823. The van der Waals surface area contributed by atoms with Crippen LogP contribution in [0, 0.1) is 6.92 Å². The fraction of sp³-hybridized carbons (Fsp3) is 0.250. The van der Waals surface area contributed by atoms with Crippen molar-refractivity contribution in [3.8, 4) is 11.4 Å². The molecule has 1 aromatic carbocycles. The highest BCUT2D eigenvalue weighted by Crippen LogP contribution is 2.18. The summed E-state index contributed by atoms with van der Waals surface area (Å²) in [6.07, 6.45) is 4.77. The number of aromatic nitrogens is 5. The van der Waals surface area contributed by atoms with Crippen LogP contribution in [-0.2, 0) is 11.3 Å². The first-order chi connectivity index (χ1) is 11.6. The van der Waals surface area contributed by atoms with E-state index in [1.807, 2.05) is 29.8 Å². The van der Waals surface area contributed by atoms with E-state index >= 15 is 0 Å². The van der Waals surface area contributed by atoms with Gasteiger partial charge >= 0.3 is 0 Å². The van der Waals surface area contributed by atoms with E-state index in [9.17, 15) is 4.79 Å². The zero-order valence-electron chi connectivity index (χ0n) is 13.2. The van der Waals surface area contributed by atoms with Crippen LogP contribution in [0.15, 0.2) is 36.7 Å². The number of halogens is 1. The van der Waals surface area contributed by atoms with Gasteiger partial charge in [-0.2, -0.15) is 4.98 Å². The summed E-state index contributed by atoms with van der Waals surface area (Å²) in [4.78, 5) is 20.4. The van der Waals surface area contributed by atoms with Gasteiger partial charge in [-0.15, -0.1) is 5.10 Å². The third-order valence-corrected chi connectivity index (χ3v) is 3.83.